The Balaban J connectivity index is 3.02. The quantitative estimate of drug-likeness (QED) is 0.590. The molecular formula is C10H13FN2O2S. The van der Waals surface area contributed by atoms with E-state index in [-0.39, 0.29) is 0 Å². The molecule has 1 rings (SSSR count). The molecule has 0 aliphatic carbocycles. The molecule has 1 aromatic rings. The van der Waals surface area contributed by atoms with Gasteiger partial charge in [0.05, 0.1) is 4.92 Å². The van der Waals surface area contributed by atoms with E-state index in [1.54, 1.807) is 29.8 Å². The zero-order chi connectivity index (χ0) is 12.1. The van der Waals surface area contributed by atoms with Gasteiger partial charge in [0.2, 0.25) is 5.82 Å². The lowest BCUT2D eigenvalue weighted by Gasteiger charge is -2.18. The van der Waals surface area contributed by atoms with Gasteiger partial charge in [-0.15, -0.1) is 0 Å². The van der Waals surface area contributed by atoms with Crippen LogP contribution >= 0.6 is 11.8 Å². The molecule has 16 heavy (non-hydrogen) atoms. The minimum atomic E-state index is -0.793. The molecule has 88 valence electrons. The number of nitro groups is 1. The van der Waals surface area contributed by atoms with Gasteiger partial charge in [0.15, 0.2) is 0 Å². The highest BCUT2D eigenvalue weighted by Gasteiger charge is 2.21. The van der Waals surface area contributed by atoms with Gasteiger partial charge in [0, 0.05) is 19.3 Å². The summed E-state index contributed by atoms with van der Waals surface area (Å²) in [5.74, 6) is 0.0444. The van der Waals surface area contributed by atoms with Crippen molar-refractivity contribution in [2.24, 2.45) is 0 Å². The highest BCUT2D eigenvalue weighted by molar-refractivity contribution is 7.98. The molecule has 0 spiro atoms. The number of rotatable bonds is 5. The Hall–Kier alpha value is -1.30. The summed E-state index contributed by atoms with van der Waals surface area (Å²) >= 11 is 1.64. The summed E-state index contributed by atoms with van der Waals surface area (Å²) < 4.78 is 13.3. The molecule has 0 bridgehead atoms. The number of nitro benzene ring substituents is 1. The summed E-state index contributed by atoms with van der Waals surface area (Å²) in [5.41, 5.74) is -0.134. The summed E-state index contributed by atoms with van der Waals surface area (Å²) in [7, 11) is 1.72. The van der Waals surface area contributed by atoms with Crippen molar-refractivity contribution in [2.75, 3.05) is 30.5 Å². The van der Waals surface area contributed by atoms with E-state index < -0.39 is 16.4 Å². The average molecular weight is 244 g/mol. The molecule has 0 fully saturated rings. The van der Waals surface area contributed by atoms with E-state index in [4.69, 9.17) is 0 Å². The van der Waals surface area contributed by atoms with Crippen molar-refractivity contribution in [1.82, 2.24) is 0 Å². The summed E-state index contributed by atoms with van der Waals surface area (Å²) in [5, 5.41) is 10.8. The number of benzene rings is 1. The largest absolute Gasteiger partial charge is 0.368 e. The summed E-state index contributed by atoms with van der Waals surface area (Å²) in [4.78, 5) is 11.8. The van der Waals surface area contributed by atoms with E-state index in [1.165, 1.54) is 6.07 Å². The summed E-state index contributed by atoms with van der Waals surface area (Å²) in [6.07, 6.45) is 1.95. The third-order valence-electron chi connectivity index (χ3n) is 2.19. The normalized spacial score (nSPS) is 10.2. The van der Waals surface area contributed by atoms with Crippen LogP contribution in [0.25, 0.3) is 0 Å². The molecule has 0 atom stereocenters. The lowest BCUT2D eigenvalue weighted by molar-refractivity contribution is -0.386. The summed E-state index contributed by atoms with van der Waals surface area (Å²) in [6.45, 7) is 0.644. The first-order valence-corrected chi connectivity index (χ1v) is 6.10. The lowest BCUT2D eigenvalue weighted by atomic mass is 10.2. The summed E-state index contributed by atoms with van der Waals surface area (Å²) in [6, 6.07) is 4.14. The van der Waals surface area contributed by atoms with Crippen molar-refractivity contribution in [3.63, 3.8) is 0 Å². The van der Waals surface area contributed by atoms with E-state index in [0.29, 0.717) is 12.2 Å². The van der Waals surface area contributed by atoms with Crippen LogP contribution in [-0.2, 0) is 0 Å². The molecule has 0 aromatic heterocycles. The van der Waals surface area contributed by atoms with Gasteiger partial charge >= 0.3 is 5.69 Å². The second kappa shape index (κ2) is 5.69. The molecule has 0 unspecified atom stereocenters. The number of thioether (sulfide) groups is 1. The molecule has 0 aliphatic heterocycles. The molecule has 0 saturated heterocycles. The Kier molecular flexibility index (Phi) is 4.54. The van der Waals surface area contributed by atoms with E-state index in [2.05, 4.69) is 0 Å². The highest BCUT2D eigenvalue weighted by atomic mass is 32.2. The molecule has 0 heterocycles. The van der Waals surface area contributed by atoms with E-state index in [9.17, 15) is 14.5 Å². The predicted octanol–water partition coefficient (Wildman–Crippen LogP) is 2.53. The molecule has 0 radical (unpaired) electrons. The smallest absolute Gasteiger partial charge is 0.327 e. The van der Waals surface area contributed by atoms with Crippen molar-refractivity contribution in [1.29, 1.82) is 0 Å². The zero-order valence-electron chi connectivity index (χ0n) is 9.14. The van der Waals surface area contributed by atoms with Crippen molar-refractivity contribution < 1.29 is 9.31 Å². The first-order valence-electron chi connectivity index (χ1n) is 4.71. The number of hydrogen-bond acceptors (Lipinski definition) is 4. The number of para-hydroxylation sites is 1. The van der Waals surface area contributed by atoms with Crippen molar-refractivity contribution in [3.05, 3.63) is 34.1 Å². The number of anilines is 1. The van der Waals surface area contributed by atoms with Gasteiger partial charge in [0.1, 0.15) is 5.69 Å². The maximum atomic E-state index is 13.3. The van der Waals surface area contributed by atoms with Crippen LogP contribution in [0.15, 0.2) is 18.2 Å². The van der Waals surface area contributed by atoms with E-state index >= 15 is 0 Å². The molecule has 0 aliphatic rings. The second-order valence-electron chi connectivity index (χ2n) is 3.28. The molecule has 6 heteroatoms. The predicted molar refractivity (Wildman–Crippen MR) is 64.7 cm³/mol. The first-order chi connectivity index (χ1) is 7.57. The fourth-order valence-electron chi connectivity index (χ4n) is 1.34. The fraction of sp³-hybridized carbons (Fsp3) is 0.400. The maximum absolute atomic E-state index is 13.3. The zero-order valence-corrected chi connectivity index (χ0v) is 9.96. The standard InChI is InChI=1S/C10H13FN2O2S/c1-12(6-7-16-2)9-5-3-4-8(11)10(9)13(14)15/h3-5H,6-7H2,1-2H3. The van der Waals surface area contributed by atoms with Crippen molar-refractivity contribution in [3.8, 4) is 0 Å². The first kappa shape index (κ1) is 12.8. The maximum Gasteiger partial charge on any atom is 0.327 e. The van der Waals surface area contributed by atoms with Gasteiger partial charge < -0.3 is 4.90 Å². The van der Waals surface area contributed by atoms with Gasteiger partial charge in [-0.1, -0.05) is 6.07 Å². The van der Waals surface area contributed by atoms with Crippen LogP contribution in [0.2, 0.25) is 0 Å². The van der Waals surface area contributed by atoms with Gasteiger partial charge in [-0.3, -0.25) is 10.1 Å². The SMILES string of the molecule is CSCCN(C)c1cccc(F)c1[N+](=O)[O-]. The molecule has 0 saturated carbocycles. The van der Waals surface area contributed by atoms with Crippen molar-refractivity contribution >= 4 is 23.1 Å². The van der Waals surface area contributed by atoms with Crippen LogP contribution < -0.4 is 4.90 Å². The van der Waals surface area contributed by atoms with Crippen LogP contribution in [0.3, 0.4) is 0 Å². The molecular weight excluding hydrogens is 231 g/mol. The molecule has 0 amide bonds. The second-order valence-corrected chi connectivity index (χ2v) is 4.26. The monoisotopic (exact) mass is 244 g/mol. The highest BCUT2D eigenvalue weighted by Crippen LogP contribution is 2.29. The Morgan fingerprint density at radius 1 is 1.56 bits per heavy atom. The van der Waals surface area contributed by atoms with Crippen LogP contribution in [0, 0.1) is 15.9 Å². The molecule has 0 N–H and O–H groups in total. The Morgan fingerprint density at radius 2 is 2.25 bits per heavy atom. The minimum absolute atomic E-state index is 0.319. The van der Waals surface area contributed by atoms with Gasteiger partial charge in [-0.2, -0.15) is 16.2 Å². The molecule has 4 nitrogen and oxygen atoms in total. The topological polar surface area (TPSA) is 46.4 Å². The molecule has 1 aromatic carbocycles. The third kappa shape index (κ3) is 2.85. The van der Waals surface area contributed by atoms with Gasteiger partial charge in [-0.25, -0.2) is 0 Å². The lowest BCUT2D eigenvalue weighted by Crippen LogP contribution is -2.21. The van der Waals surface area contributed by atoms with Crippen LogP contribution in [0.5, 0.6) is 0 Å². The van der Waals surface area contributed by atoms with Gasteiger partial charge in [0.25, 0.3) is 0 Å². The number of halogens is 1. The third-order valence-corrected chi connectivity index (χ3v) is 2.78. The minimum Gasteiger partial charge on any atom is -0.368 e. The van der Waals surface area contributed by atoms with Crippen LogP contribution in [-0.4, -0.2) is 30.5 Å². The van der Waals surface area contributed by atoms with Crippen LogP contribution in [0.4, 0.5) is 15.8 Å². The van der Waals surface area contributed by atoms with Gasteiger partial charge in [-0.05, 0) is 18.4 Å². The number of nitrogens with zero attached hydrogens (tertiary/aromatic N) is 2. The van der Waals surface area contributed by atoms with Crippen LogP contribution in [0.1, 0.15) is 0 Å². The van der Waals surface area contributed by atoms with E-state index in [1.807, 2.05) is 6.26 Å². The van der Waals surface area contributed by atoms with Crippen molar-refractivity contribution in [2.45, 2.75) is 0 Å². The number of hydrogen-bond donors (Lipinski definition) is 0. The average Bonchev–Trinajstić information content (AvgIpc) is 2.24. The Morgan fingerprint density at radius 3 is 2.81 bits per heavy atom. The Labute approximate surface area is 97.6 Å². The van der Waals surface area contributed by atoms with E-state index in [0.717, 1.165) is 11.8 Å². The fourth-order valence-corrected chi connectivity index (χ4v) is 1.80. The Bertz CT molecular complexity index is 387.